The first kappa shape index (κ1) is 30.4. The highest BCUT2D eigenvalue weighted by molar-refractivity contribution is 6.05. The number of nitrogens with one attached hydrogen (secondary N) is 1. The number of imide groups is 1. The highest BCUT2D eigenvalue weighted by Crippen LogP contribution is 2.45. The number of rotatable bonds is 6. The zero-order valence-corrected chi connectivity index (χ0v) is 25.0. The fourth-order valence-corrected chi connectivity index (χ4v) is 8.30. The van der Waals surface area contributed by atoms with E-state index < -0.39 is 41.9 Å². The lowest BCUT2D eigenvalue weighted by Crippen LogP contribution is -2.66. The molecule has 7 rings (SSSR count). The first-order chi connectivity index (χ1) is 21.4. The number of hydrogen-bond donors (Lipinski definition) is 1. The van der Waals surface area contributed by atoms with Crippen molar-refractivity contribution in [3.8, 4) is 5.75 Å². The van der Waals surface area contributed by atoms with Crippen LogP contribution in [0.5, 0.6) is 5.75 Å². The van der Waals surface area contributed by atoms with E-state index in [9.17, 15) is 28.0 Å². The van der Waals surface area contributed by atoms with Gasteiger partial charge in [-0.25, -0.2) is 17.6 Å². The van der Waals surface area contributed by atoms with Crippen LogP contribution in [-0.2, 0) is 20.9 Å². The number of likely N-dealkylation sites (tertiary alicyclic amines) is 2. The highest BCUT2D eigenvalue weighted by Gasteiger charge is 2.55. The van der Waals surface area contributed by atoms with Gasteiger partial charge >= 0.3 is 0 Å². The van der Waals surface area contributed by atoms with Crippen LogP contribution in [0.2, 0.25) is 0 Å². The first-order valence-corrected chi connectivity index (χ1v) is 16.1. The number of fused-ring (bicyclic) bond motifs is 1. The summed E-state index contributed by atoms with van der Waals surface area (Å²) in [5.41, 5.74) is 1.09. The minimum Gasteiger partial charge on any atom is -0.489 e. The molecule has 4 amide bonds. The average molecular weight is 635 g/mol. The van der Waals surface area contributed by atoms with Crippen LogP contribution < -0.4 is 10.1 Å². The standard InChI is InChI=1S/C32H38F4N4O5/c33-31(34)13-20(14-31)29(43)38-10-7-18(8-11-38)21-15-39(16-21)27-25(2-1-9-32(27,35)36)45-22-3-4-23-19(12-22)17-40(30(23)44)24-5-6-26(41)37-28(24)42/h3-4,12,18,20-21,24-25,27H,1-2,5-11,13-17H2,(H,37,41,42). The lowest BCUT2D eigenvalue weighted by atomic mass is 9.76. The molecular formula is C32H38F4N4O5. The summed E-state index contributed by atoms with van der Waals surface area (Å²) in [6.45, 7) is 2.26. The number of alkyl halides is 4. The molecule has 3 atom stereocenters. The summed E-state index contributed by atoms with van der Waals surface area (Å²) in [5, 5.41) is 2.28. The van der Waals surface area contributed by atoms with Crippen molar-refractivity contribution in [2.24, 2.45) is 17.8 Å². The number of benzene rings is 1. The van der Waals surface area contributed by atoms with Crippen molar-refractivity contribution in [3.05, 3.63) is 29.3 Å². The summed E-state index contributed by atoms with van der Waals surface area (Å²) in [4.78, 5) is 54.5. The van der Waals surface area contributed by atoms with Crippen molar-refractivity contribution in [1.82, 2.24) is 20.0 Å². The average Bonchev–Trinajstić information content (AvgIpc) is 3.27. The van der Waals surface area contributed by atoms with Crippen molar-refractivity contribution < 1.29 is 41.5 Å². The topological polar surface area (TPSA) is 99.3 Å². The summed E-state index contributed by atoms with van der Waals surface area (Å²) < 4.78 is 63.6. The van der Waals surface area contributed by atoms with Gasteiger partial charge in [0, 0.05) is 69.9 Å². The van der Waals surface area contributed by atoms with E-state index in [2.05, 4.69) is 5.32 Å². The molecule has 3 unspecified atom stereocenters. The number of ether oxygens (including phenoxy) is 1. The molecule has 0 radical (unpaired) electrons. The number of carbonyl (C=O) groups excluding carboxylic acids is 4. The van der Waals surface area contributed by atoms with Crippen LogP contribution in [0, 0.1) is 17.8 Å². The Morgan fingerprint density at radius 2 is 1.69 bits per heavy atom. The van der Waals surface area contributed by atoms with Crippen LogP contribution in [0.3, 0.4) is 0 Å². The lowest BCUT2D eigenvalue weighted by molar-refractivity contribution is -0.174. The Labute approximate surface area is 258 Å². The summed E-state index contributed by atoms with van der Waals surface area (Å²) in [6, 6.07) is 3.10. The Morgan fingerprint density at radius 3 is 2.38 bits per heavy atom. The van der Waals surface area contributed by atoms with E-state index in [1.165, 1.54) is 4.90 Å². The molecule has 0 spiro atoms. The van der Waals surface area contributed by atoms with Crippen molar-refractivity contribution in [3.63, 3.8) is 0 Å². The fraction of sp³-hybridized carbons (Fsp3) is 0.688. The van der Waals surface area contributed by atoms with Gasteiger partial charge in [-0.15, -0.1) is 0 Å². The van der Waals surface area contributed by atoms with Gasteiger partial charge in [0.2, 0.25) is 23.6 Å². The molecule has 2 saturated carbocycles. The predicted octanol–water partition coefficient (Wildman–Crippen LogP) is 3.60. The van der Waals surface area contributed by atoms with Gasteiger partial charge in [0.05, 0.1) is 0 Å². The van der Waals surface area contributed by atoms with Gasteiger partial charge in [-0.1, -0.05) is 0 Å². The van der Waals surface area contributed by atoms with Gasteiger partial charge in [-0.3, -0.25) is 29.4 Å². The van der Waals surface area contributed by atoms with E-state index in [1.807, 2.05) is 4.90 Å². The van der Waals surface area contributed by atoms with Crippen LogP contribution in [-0.4, -0.2) is 94.5 Å². The summed E-state index contributed by atoms with van der Waals surface area (Å²) in [5.74, 6) is -6.65. The third-order valence-corrected chi connectivity index (χ3v) is 10.9. The summed E-state index contributed by atoms with van der Waals surface area (Å²) >= 11 is 0. The van der Waals surface area contributed by atoms with Gasteiger partial charge in [0.25, 0.3) is 11.8 Å². The zero-order chi connectivity index (χ0) is 31.7. The van der Waals surface area contributed by atoms with Crippen molar-refractivity contribution in [1.29, 1.82) is 0 Å². The van der Waals surface area contributed by atoms with E-state index in [4.69, 9.17) is 4.74 Å². The molecule has 13 heteroatoms. The van der Waals surface area contributed by atoms with Gasteiger partial charge in [0.15, 0.2) is 0 Å². The Morgan fingerprint density at radius 1 is 0.956 bits per heavy atom. The second kappa shape index (κ2) is 11.2. The molecular weight excluding hydrogens is 596 g/mol. The SMILES string of the molecule is O=C1CCC(N2Cc3cc(OC4CCCC(F)(F)C4N4CC(C5CCN(C(=O)C6CC(F)(F)C6)CC5)C4)ccc3C2=O)C(=O)N1. The van der Waals surface area contributed by atoms with Crippen LogP contribution in [0.4, 0.5) is 17.6 Å². The van der Waals surface area contributed by atoms with E-state index in [0.717, 1.165) is 12.8 Å². The van der Waals surface area contributed by atoms with Crippen LogP contribution in [0.25, 0.3) is 0 Å². The van der Waals surface area contributed by atoms with Crippen LogP contribution >= 0.6 is 0 Å². The molecule has 3 saturated heterocycles. The van der Waals surface area contributed by atoms with Crippen molar-refractivity contribution in [2.45, 2.75) is 94.4 Å². The molecule has 1 aromatic carbocycles. The zero-order valence-electron chi connectivity index (χ0n) is 25.0. The van der Waals surface area contributed by atoms with E-state index in [-0.39, 0.29) is 62.3 Å². The summed E-state index contributed by atoms with van der Waals surface area (Å²) in [6.07, 6.45) is 1.02. The molecule has 1 N–H and O–H groups in total. The maximum Gasteiger partial charge on any atom is 0.266 e. The smallest absolute Gasteiger partial charge is 0.266 e. The molecule has 0 bridgehead atoms. The largest absolute Gasteiger partial charge is 0.489 e. The quantitative estimate of drug-likeness (QED) is 0.380. The van der Waals surface area contributed by atoms with Gasteiger partial charge in [-0.2, -0.15) is 0 Å². The molecule has 4 heterocycles. The maximum absolute atomic E-state index is 15.4. The lowest BCUT2D eigenvalue weighted by Gasteiger charge is -2.53. The number of amides is 4. The second-order valence-electron chi connectivity index (χ2n) is 13.8. The molecule has 1 aromatic rings. The van der Waals surface area contributed by atoms with E-state index in [1.54, 1.807) is 23.1 Å². The van der Waals surface area contributed by atoms with Gasteiger partial charge in [0.1, 0.15) is 23.9 Å². The van der Waals surface area contributed by atoms with Crippen molar-refractivity contribution >= 4 is 23.6 Å². The number of nitrogens with zero attached hydrogens (tertiary/aromatic N) is 3. The molecule has 2 aliphatic carbocycles. The minimum atomic E-state index is -2.93. The molecule has 45 heavy (non-hydrogen) atoms. The molecule has 4 aliphatic heterocycles. The monoisotopic (exact) mass is 634 g/mol. The normalized spacial score (nSPS) is 30.8. The molecule has 6 aliphatic rings. The first-order valence-electron chi connectivity index (χ1n) is 16.1. The molecule has 5 fully saturated rings. The number of carbonyl (C=O) groups is 4. The van der Waals surface area contributed by atoms with Crippen molar-refractivity contribution in [2.75, 3.05) is 26.2 Å². The Bertz CT molecular complexity index is 1390. The fourth-order valence-electron chi connectivity index (χ4n) is 8.30. The van der Waals surface area contributed by atoms with Crippen LogP contribution in [0.15, 0.2) is 18.2 Å². The second-order valence-corrected chi connectivity index (χ2v) is 13.8. The highest BCUT2D eigenvalue weighted by atomic mass is 19.3. The summed E-state index contributed by atoms with van der Waals surface area (Å²) in [7, 11) is 0. The predicted molar refractivity (Wildman–Crippen MR) is 152 cm³/mol. The number of halogens is 4. The van der Waals surface area contributed by atoms with Crippen LogP contribution in [0.1, 0.15) is 73.7 Å². The Hall–Kier alpha value is -3.22. The van der Waals surface area contributed by atoms with E-state index in [0.29, 0.717) is 61.8 Å². The number of piperidine rings is 2. The third-order valence-electron chi connectivity index (χ3n) is 10.9. The maximum atomic E-state index is 15.4. The van der Waals surface area contributed by atoms with Gasteiger partial charge < -0.3 is 14.5 Å². The van der Waals surface area contributed by atoms with E-state index >= 15 is 8.78 Å². The Balaban J connectivity index is 0.958. The number of hydrogen-bond acceptors (Lipinski definition) is 6. The Kier molecular flexibility index (Phi) is 7.60. The van der Waals surface area contributed by atoms with Gasteiger partial charge in [-0.05, 0) is 67.7 Å². The molecule has 0 aromatic heterocycles. The third kappa shape index (κ3) is 5.69. The molecule has 9 nitrogen and oxygen atoms in total. The minimum absolute atomic E-state index is 0.155. The molecule has 244 valence electrons.